The van der Waals surface area contributed by atoms with Gasteiger partial charge in [0.15, 0.2) is 12.4 Å². The minimum atomic E-state index is -0.504. The first-order valence-corrected chi connectivity index (χ1v) is 10.4. The minimum Gasteiger partial charge on any atom is -0.493 e. The van der Waals surface area contributed by atoms with Crippen molar-refractivity contribution in [3.63, 3.8) is 0 Å². The summed E-state index contributed by atoms with van der Waals surface area (Å²) < 4.78 is 15.8. The molecule has 0 radical (unpaired) electrons. The SMILES string of the molecule is CCOC(=O)COc1ccc(C(=O)CN2Cc3cc(C(=N)NO)ccc3C2=O)c(OCC)c1. The first-order valence-electron chi connectivity index (χ1n) is 10.4. The highest BCUT2D eigenvalue weighted by molar-refractivity contribution is 6.06. The van der Waals surface area contributed by atoms with Gasteiger partial charge in [0.05, 0.1) is 25.3 Å². The van der Waals surface area contributed by atoms with Gasteiger partial charge in [0.2, 0.25) is 0 Å². The van der Waals surface area contributed by atoms with E-state index >= 15 is 0 Å². The fourth-order valence-electron chi connectivity index (χ4n) is 3.43. The number of hydrogen-bond donors (Lipinski definition) is 3. The van der Waals surface area contributed by atoms with E-state index in [1.54, 1.807) is 43.6 Å². The number of amidine groups is 1. The number of esters is 1. The highest BCUT2D eigenvalue weighted by Crippen LogP contribution is 2.28. The van der Waals surface area contributed by atoms with Gasteiger partial charge in [0.1, 0.15) is 17.3 Å². The molecule has 0 aliphatic carbocycles. The number of benzene rings is 2. The molecule has 0 unspecified atom stereocenters. The van der Waals surface area contributed by atoms with Crippen LogP contribution in [0.25, 0.3) is 0 Å². The van der Waals surface area contributed by atoms with E-state index in [1.807, 2.05) is 0 Å². The molecule has 3 N–H and O–H groups in total. The summed E-state index contributed by atoms with van der Waals surface area (Å²) in [5, 5.41) is 16.6. The Hall–Kier alpha value is -3.92. The maximum Gasteiger partial charge on any atom is 0.344 e. The number of hydroxylamine groups is 1. The molecular formula is C23H25N3O7. The van der Waals surface area contributed by atoms with Gasteiger partial charge in [-0.05, 0) is 43.7 Å². The van der Waals surface area contributed by atoms with Gasteiger partial charge in [0.25, 0.3) is 5.91 Å². The second-order valence-corrected chi connectivity index (χ2v) is 7.13. The lowest BCUT2D eigenvalue weighted by molar-refractivity contribution is -0.145. The quantitative estimate of drug-likeness (QED) is 0.163. The Balaban J connectivity index is 1.73. The summed E-state index contributed by atoms with van der Waals surface area (Å²) in [6.45, 7) is 3.81. The van der Waals surface area contributed by atoms with Crippen LogP contribution in [0.3, 0.4) is 0 Å². The molecule has 1 aliphatic heterocycles. The molecule has 10 heteroatoms. The van der Waals surface area contributed by atoms with Crippen molar-refractivity contribution in [2.24, 2.45) is 0 Å². The zero-order valence-electron chi connectivity index (χ0n) is 18.3. The number of hydrogen-bond acceptors (Lipinski definition) is 8. The molecule has 0 saturated heterocycles. The number of amides is 1. The van der Waals surface area contributed by atoms with E-state index in [0.29, 0.717) is 29.0 Å². The third-order valence-electron chi connectivity index (χ3n) is 4.93. The van der Waals surface area contributed by atoms with Crippen LogP contribution in [0, 0.1) is 5.41 Å². The Morgan fingerprint density at radius 2 is 1.91 bits per heavy atom. The molecular weight excluding hydrogens is 430 g/mol. The van der Waals surface area contributed by atoms with Crippen molar-refractivity contribution in [3.8, 4) is 11.5 Å². The third-order valence-corrected chi connectivity index (χ3v) is 4.93. The predicted molar refractivity (Wildman–Crippen MR) is 117 cm³/mol. The van der Waals surface area contributed by atoms with Crippen LogP contribution in [-0.4, -0.2) is 60.0 Å². The first kappa shape index (κ1) is 23.7. The van der Waals surface area contributed by atoms with Crippen molar-refractivity contribution >= 4 is 23.5 Å². The van der Waals surface area contributed by atoms with Gasteiger partial charge in [-0.3, -0.25) is 25.7 Å². The average molecular weight is 455 g/mol. The van der Waals surface area contributed by atoms with E-state index in [1.165, 1.54) is 17.0 Å². The number of nitrogens with one attached hydrogen (secondary N) is 2. The molecule has 0 bridgehead atoms. The molecule has 3 rings (SSSR count). The van der Waals surface area contributed by atoms with Crippen LogP contribution in [0.15, 0.2) is 36.4 Å². The summed E-state index contributed by atoms with van der Waals surface area (Å²) >= 11 is 0. The maximum absolute atomic E-state index is 13.0. The third kappa shape index (κ3) is 5.47. The number of rotatable bonds is 10. The van der Waals surface area contributed by atoms with Crippen LogP contribution in [0.2, 0.25) is 0 Å². The Bertz CT molecular complexity index is 1080. The Labute approximate surface area is 190 Å². The summed E-state index contributed by atoms with van der Waals surface area (Å²) in [5.41, 5.74) is 3.60. The number of ketones is 1. The molecule has 1 aliphatic rings. The number of carbonyl (C=O) groups is 3. The van der Waals surface area contributed by atoms with Gasteiger partial charge in [-0.25, -0.2) is 4.79 Å². The molecule has 0 aromatic heterocycles. The lowest BCUT2D eigenvalue weighted by Crippen LogP contribution is -2.30. The van der Waals surface area contributed by atoms with Crippen molar-refractivity contribution in [1.82, 2.24) is 10.4 Å². The number of fused-ring (bicyclic) bond motifs is 1. The summed E-state index contributed by atoms with van der Waals surface area (Å²) in [4.78, 5) is 38.7. The standard InChI is InChI=1S/C23H25N3O7/c1-3-31-20-10-16(33-13-21(28)32-4-2)6-8-18(20)19(27)12-26-11-15-9-14(22(24)25-30)5-7-17(15)23(26)29/h5-10,30H,3-4,11-13H2,1-2H3,(H2,24,25). The van der Waals surface area contributed by atoms with Gasteiger partial charge >= 0.3 is 5.97 Å². The summed E-state index contributed by atoms with van der Waals surface area (Å²) in [5.74, 6) is -0.664. The van der Waals surface area contributed by atoms with Gasteiger partial charge < -0.3 is 19.1 Å². The number of Topliss-reactive ketones (excluding diaryl/α,β-unsaturated/α-hetero) is 1. The van der Waals surface area contributed by atoms with Crippen LogP contribution in [0.4, 0.5) is 0 Å². The fraction of sp³-hybridized carbons (Fsp3) is 0.304. The van der Waals surface area contributed by atoms with Crippen molar-refractivity contribution < 1.29 is 33.8 Å². The monoisotopic (exact) mass is 455 g/mol. The van der Waals surface area contributed by atoms with Crippen LogP contribution >= 0.6 is 0 Å². The first-order chi connectivity index (χ1) is 15.9. The van der Waals surface area contributed by atoms with E-state index in [9.17, 15) is 14.4 Å². The molecule has 0 fully saturated rings. The molecule has 174 valence electrons. The largest absolute Gasteiger partial charge is 0.493 e. The second-order valence-electron chi connectivity index (χ2n) is 7.13. The molecule has 33 heavy (non-hydrogen) atoms. The van der Waals surface area contributed by atoms with Crippen LogP contribution in [0.5, 0.6) is 11.5 Å². The highest BCUT2D eigenvalue weighted by atomic mass is 16.6. The zero-order chi connectivity index (χ0) is 24.0. The van der Waals surface area contributed by atoms with E-state index in [4.69, 9.17) is 24.8 Å². The van der Waals surface area contributed by atoms with Crippen molar-refractivity contribution in [3.05, 3.63) is 58.7 Å². The fourth-order valence-corrected chi connectivity index (χ4v) is 3.43. The molecule has 2 aromatic rings. The Morgan fingerprint density at radius 3 is 2.61 bits per heavy atom. The van der Waals surface area contributed by atoms with Crippen LogP contribution in [0.1, 0.15) is 45.7 Å². The average Bonchev–Trinajstić information content (AvgIpc) is 3.12. The van der Waals surface area contributed by atoms with E-state index in [-0.39, 0.29) is 55.1 Å². The summed E-state index contributed by atoms with van der Waals surface area (Å²) in [7, 11) is 0. The van der Waals surface area contributed by atoms with E-state index in [2.05, 4.69) is 0 Å². The van der Waals surface area contributed by atoms with Crippen molar-refractivity contribution in [2.75, 3.05) is 26.4 Å². The molecule has 0 saturated carbocycles. The number of carbonyl (C=O) groups excluding carboxylic acids is 3. The van der Waals surface area contributed by atoms with Crippen molar-refractivity contribution in [1.29, 1.82) is 5.41 Å². The van der Waals surface area contributed by atoms with Gasteiger partial charge in [0, 0.05) is 23.7 Å². The van der Waals surface area contributed by atoms with Gasteiger partial charge in [-0.15, -0.1) is 0 Å². The van der Waals surface area contributed by atoms with Crippen molar-refractivity contribution in [2.45, 2.75) is 20.4 Å². The lowest BCUT2D eigenvalue weighted by Gasteiger charge is -2.17. The van der Waals surface area contributed by atoms with Gasteiger partial charge in [-0.1, -0.05) is 6.07 Å². The minimum absolute atomic E-state index is 0.165. The van der Waals surface area contributed by atoms with Crippen LogP contribution in [-0.2, 0) is 16.1 Å². The second kappa shape index (κ2) is 10.6. The molecule has 0 atom stereocenters. The van der Waals surface area contributed by atoms with E-state index < -0.39 is 5.97 Å². The van der Waals surface area contributed by atoms with E-state index in [0.717, 1.165) is 0 Å². The molecule has 10 nitrogen and oxygen atoms in total. The summed E-state index contributed by atoms with van der Waals surface area (Å²) in [6.07, 6.45) is 0. The normalized spacial score (nSPS) is 12.2. The predicted octanol–water partition coefficient (Wildman–Crippen LogP) is 2.17. The molecule has 0 spiro atoms. The van der Waals surface area contributed by atoms with Crippen LogP contribution < -0.4 is 15.0 Å². The topological polar surface area (TPSA) is 138 Å². The lowest BCUT2D eigenvalue weighted by atomic mass is 10.1. The number of nitrogens with zero attached hydrogens (tertiary/aromatic N) is 1. The smallest absolute Gasteiger partial charge is 0.344 e. The highest BCUT2D eigenvalue weighted by Gasteiger charge is 2.30. The Morgan fingerprint density at radius 1 is 1.12 bits per heavy atom. The number of ether oxygens (including phenoxy) is 3. The molecule has 1 amide bonds. The van der Waals surface area contributed by atoms with Gasteiger partial charge in [-0.2, -0.15) is 0 Å². The summed E-state index contributed by atoms with van der Waals surface area (Å²) in [6, 6.07) is 9.37. The maximum atomic E-state index is 13.0. The zero-order valence-corrected chi connectivity index (χ0v) is 18.3. The molecule has 1 heterocycles. The molecule has 2 aromatic carbocycles. The Kier molecular flexibility index (Phi) is 7.62.